The summed E-state index contributed by atoms with van der Waals surface area (Å²) in [5, 5.41) is 19.0. The van der Waals surface area contributed by atoms with Crippen molar-refractivity contribution in [2.75, 3.05) is 7.11 Å². The summed E-state index contributed by atoms with van der Waals surface area (Å²) in [4.78, 5) is 10.8. The van der Waals surface area contributed by atoms with Gasteiger partial charge in [0.05, 0.1) is 13.2 Å². The Kier molecular flexibility index (Phi) is 4.97. The zero-order valence-corrected chi connectivity index (χ0v) is 10.1. The second-order valence-corrected chi connectivity index (χ2v) is 4.10. The van der Waals surface area contributed by atoms with E-state index in [2.05, 4.69) is 0 Å². The van der Waals surface area contributed by atoms with Gasteiger partial charge in [0.1, 0.15) is 5.78 Å². The molecule has 0 aliphatic heterocycles. The summed E-state index contributed by atoms with van der Waals surface area (Å²) >= 11 is 0. The molecule has 0 spiro atoms. The number of aryl methyl sites for hydroxylation is 1. The molecular weight excluding hydrogens is 220 g/mol. The third-order valence-electron chi connectivity index (χ3n) is 2.53. The van der Waals surface area contributed by atoms with Gasteiger partial charge in [-0.1, -0.05) is 6.07 Å². The Bertz CT molecular complexity index is 387. The number of Topliss-reactive ketones (excluding diaryl/α,β-unsaturated/α-hetero) is 1. The van der Waals surface area contributed by atoms with Crippen molar-refractivity contribution in [2.45, 2.75) is 32.3 Å². The molecule has 2 N–H and O–H groups in total. The molecule has 4 nitrogen and oxygen atoms in total. The quantitative estimate of drug-likeness (QED) is 0.791. The Morgan fingerprint density at radius 2 is 2.18 bits per heavy atom. The van der Waals surface area contributed by atoms with E-state index in [0.717, 1.165) is 5.56 Å². The van der Waals surface area contributed by atoms with Gasteiger partial charge in [-0.2, -0.15) is 0 Å². The summed E-state index contributed by atoms with van der Waals surface area (Å²) in [7, 11) is 1.49. The lowest BCUT2D eigenvalue weighted by Crippen LogP contribution is -2.12. The lowest BCUT2D eigenvalue weighted by atomic mass is 10.0. The minimum absolute atomic E-state index is 0.0132. The van der Waals surface area contributed by atoms with Gasteiger partial charge < -0.3 is 14.9 Å². The minimum atomic E-state index is -0.604. The Hall–Kier alpha value is -1.55. The Morgan fingerprint density at radius 3 is 2.76 bits per heavy atom. The second kappa shape index (κ2) is 6.25. The van der Waals surface area contributed by atoms with Crippen LogP contribution in [0.4, 0.5) is 0 Å². The van der Waals surface area contributed by atoms with Crippen molar-refractivity contribution >= 4 is 5.78 Å². The third-order valence-corrected chi connectivity index (χ3v) is 2.53. The highest BCUT2D eigenvalue weighted by Gasteiger charge is 2.08. The van der Waals surface area contributed by atoms with Crippen molar-refractivity contribution in [3.05, 3.63) is 23.8 Å². The van der Waals surface area contributed by atoms with Gasteiger partial charge in [0.15, 0.2) is 11.5 Å². The van der Waals surface area contributed by atoms with Gasteiger partial charge in [0.25, 0.3) is 0 Å². The molecule has 1 aromatic carbocycles. The number of methoxy groups -OCH3 is 1. The van der Waals surface area contributed by atoms with Crippen LogP contribution >= 0.6 is 0 Å². The van der Waals surface area contributed by atoms with E-state index in [1.165, 1.54) is 14.0 Å². The zero-order chi connectivity index (χ0) is 12.8. The molecule has 0 aliphatic carbocycles. The Labute approximate surface area is 101 Å². The number of aliphatic hydroxyl groups excluding tert-OH is 1. The van der Waals surface area contributed by atoms with E-state index in [4.69, 9.17) is 4.74 Å². The lowest BCUT2D eigenvalue weighted by Gasteiger charge is -2.10. The van der Waals surface area contributed by atoms with E-state index in [-0.39, 0.29) is 18.0 Å². The number of aliphatic hydroxyl groups is 1. The molecule has 4 heteroatoms. The van der Waals surface area contributed by atoms with Gasteiger partial charge in [-0.05, 0) is 37.5 Å². The summed E-state index contributed by atoms with van der Waals surface area (Å²) in [5.41, 5.74) is 0.960. The maximum absolute atomic E-state index is 10.8. The highest BCUT2D eigenvalue weighted by Crippen LogP contribution is 2.26. The minimum Gasteiger partial charge on any atom is -0.504 e. The first-order valence-corrected chi connectivity index (χ1v) is 5.56. The molecule has 0 bridgehead atoms. The highest BCUT2D eigenvalue weighted by atomic mass is 16.5. The second-order valence-electron chi connectivity index (χ2n) is 4.10. The summed E-state index contributed by atoms with van der Waals surface area (Å²) in [6, 6.07) is 5.07. The van der Waals surface area contributed by atoms with E-state index < -0.39 is 6.10 Å². The van der Waals surface area contributed by atoms with Crippen LogP contribution in [0.1, 0.15) is 25.3 Å². The number of rotatable bonds is 6. The van der Waals surface area contributed by atoms with E-state index in [0.29, 0.717) is 18.6 Å². The van der Waals surface area contributed by atoms with Crippen LogP contribution in [0.3, 0.4) is 0 Å². The molecule has 0 aromatic heterocycles. The molecular formula is C13H18O4. The molecule has 94 valence electrons. The molecule has 1 rings (SSSR count). The monoisotopic (exact) mass is 238 g/mol. The molecule has 0 saturated carbocycles. The largest absolute Gasteiger partial charge is 0.504 e. The van der Waals surface area contributed by atoms with Crippen molar-refractivity contribution in [3.63, 3.8) is 0 Å². The summed E-state index contributed by atoms with van der Waals surface area (Å²) < 4.78 is 4.99. The first-order valence-electron chi connectivity index (χ1n) is 5.56. The van der Waals surface area contributed by atoms with Crippen molar-refractivity contribution in [3.8, 4) is 11.5 Å². The highest BCUT2D eigenvalue weighted by molar-refractivity contribution is 5.75. The van der Waals surface area contributed by atoms with E-state index in [9.17, 15) is 15.0 Å². The molecule has 1 unspecified atom stereocenters. The van der Waals surface area contributed by atoms with Crippen LogP contribution in [-0.4, -0.2) is 29.2 Å². The van der Waals surface area contributed by atoms with Crippen LogP contribution in [0, 0.1) is 0 Å². The molecule has 1 atom stereocenters. The predicted molar refractivity (Wildman–Crippen MR) is 64.3 cm³/mol. The van der Waals surface area contributed by atoms with Gasteiger partial charge >= 0.3 is 0 Å². The number of phenols is 1. The maximum Gasteiger partial charge on any atom is 0.160 e. The van der Waals surface area contributed by atoms with E-state index in [1.54, 1.807) is 18.2 Å². The summed E-state index contributed by atoms with van der Waals surface area (Å²) in [6.07, 6.45) is 0.751. The average Bonchev–Trinajstić information content (AvgIpc) is 2.27. The number of hydrogen-bond acceptors (Lipinski definition) is 4. The van der Waals surface area contributed by atoms with Crippen molar-refractivity contribution in [1.29, 1.82) is 0 Å². The topological polar surface area (TPSA) is 66.8 Å². The summed E-state index contributed by atoms with van der Waals surface area (Å²) in [5.74, 6) is 0.505. The zero-order valence-electron chi connectivity index (χ0n) is 10.1. The molecule has 0 saturated heterocycles. The Balaban J connectivity index is 2.54. The van der Waals surface area contributed by atoms with Gasteiger partial charge in [-0.3, -0.25) is 4.79 Å². The van der Waals surface area contributed by atoms with Crippen LogP contribution in [-0.2, 0) is 11.2 Å². The van der Waals surface area contributed by atoms with Crippen LogP contribution in [0.2, 0.25) is 0 Å². The van der Waals surface area contributed by atoms with Crippen LogP contribution < -0.4 is 4.74 Å². The standard InChI is InChI=1S/C13H18O4/c1-9(14)7-11(15)5-3-10-4-6-12(16)13(8-10)17-2/h4,6,8,11,15-16H,3,5,7H2,1-2H3. The van der Waals surface area contributed by atoms with Crippen LogP contribution in [0.5, 0.6) is 11.5 Å². The van der Waals surface area contributed by atoms with Crippen LogP contribution in [0.25, 0.3) is 0 Å². The third kappa shape index (κ3) is 4.44. The smallest absolute Gasteiger partial charge is 0.160 e. The van der Waals surface area contributed by atoms with Gasteiger partial charge in [-0.15, -0.1) is 0 Å². The van der Waals surface area contributed by atoms with E-state index in [1.807, 2.05) is 0 Å². The number of ether oxygens (including phenoxy) is 1. The SMILES string of the molecule is COc1cc(CCC(O)CC(C)=O)ccc1O. The van der Waals surface area contributed by atoms with Crippen molar-refractivity contribution in [1.82, 2.24) is 0 Å². The normalized spacial score (nSPS) is 12.2. The van der Waals surface area contributed by atoms with Gasteiger partial charge in [0.2, 0.25) is 0 Å². The maximum atomic E-state index is 10.8. The number of hydrogen-bond donors (Lipinski definition) is 2. The number of carbonyl (C=O) groups excluding carboxylic acids is 1. The number of ketones is 1. The molecule has 17 heavy (non-hydrogen) atoms. The molecule has 0 aliphatic rings. The molecule has 0 amide bonds. The van der Waals surface area contributed by atoms with Crippen molar-refractivity contribution in [2.24, 2.45) is 0 Å². The fraction of sp³-hybridized carbons (Fsp3) is 0.462. The Morgan fingerprint density at radius 1 is 1.47 bits per heavy atom. The number of phenolic OH excluding ortho intramolecular Hbond substituents is 1. The fourth-order valence-corrected chi connectivity index (χ4v) is 1.64. The summed E-state index contributed by atoms with van der Waals surface area (Å²) in [6.45, 7) is 1.47. The molecule has 0 fully saturated rings. The number of carbonyl (C=O) groups is 1. The van der Waals surface area contributed by atoms with Gasteiger partial charge in [-0.25, -0.2) is 0 Å². The first-order chi connectivity index (χ1) is 8.02. The molecule has 0 radical (unpaired) electrons. The number of aromatic hydroxyl groups is 1. The van der Waals surface area contributed by atoms with Gasteiger partial charge in [0, 0.05) is 6.42 Å². The lowest BCUT2D eigenvalue weighted by molar-refractivity contribution is -0.118. The fourth-order valence-electron chi connectivity index (χ4n) is 1.64. The predicted octanol–water partition coefficient (Wildman–Crippen LogP) is 1.67. The van der Waals surface area contributed by atoms with Crippen LogP contribution in [0.15, 0.2) is 18.2 Å². The van der Waals surface area contributed by atoms with Crippen molar-refractivity contribution < 1.29 is 19.7 Å². The molecule has 0 heterocycles. The first kappa shape index (κ1) is 13.5. The van der Waals surface area contributed by atoms with E-state index >= 15 is 0 Å². The number of benzene rings is 1. The average molecular weight is 238 g/mol. The molecule has 1 aromatic rings.